The topological polar surface area (TPSA) is 33.1 Å². The van der Waals surface area contributed by atoms with Gasteiger partial charge in [0.1, 0.15) is 5.82 Å². The van der Waals surface area contributed by atoms with E-state index in [9.17, 15) is 0 Å². The maximum absolute atomic E-state index is 6.12. The molecule has 0 aliphatic carbocycles. The van der Waals surface area contributed by atoms with Gasteiger partial charge in [0.05, 0.1) is 15.7 Å². The van der Waals surface area contributed by atoms with Crippen molar-refractivity contribution in [3.63, 3.8) is 0 Å². The quantitative estimate of drug-likeness (QED) is 0.570. The highest BCUT2D eigenvalue weighted by molar-refractivity contribution is 6.42. The van der Waals surface area contributed by atoms with Gasteiger partial charge in [-0.05, 0) is 43.5 Å². The van der Waals surface area contributed by atoms with Crippen LogP contribution < -0.4 is 5.32 Å². The molecule has 146 valence electrons. The van der Waals surface area contributed by atoms with E-state index in [0.29, 0.717) is 22.1 Å². The number of anilines is 1. The molecule has 3 aromatic rings. The average Bonchev–Trinajstić information content (AvgIpc) is 3.19. The van der Waals surface area contributed by atoms with Gasteiger partial charge < -0.3 is 5.32 Å². The molecule has 6 heteroatoms. The molecule has 0 saturated carbocycles. The first kappa shape index (κ1) is 19.3. The number of halogens is 2. The van der Waals surface area contributed by atoms with E-state index < -0.39 is 0 Å². The van der Waals surface area contributed by atoms with Crippen molar-refractivity contribution < 1.29 is 0 Å². The predicted molar refractivity (Wildman–Crippen MR) is 117 cm³/mol. The first-order chi connectivity index (χ1) is 13.6. The van der Waals surface area contributed by atoms with Crippen molar-refractivity contribution >= 4 is 29.0 Å². The van der Waals surface area contributed by atoms with Gasteiger partial charge in [-0.1, -0.05) is 53.5 Å². The minimum atomic E-state index is 0.441. The fourth-order valence-electron chi connectivity index (χ4n) is 3.75. The molecule has 2 aromatic carbocycles. The third-order valence-corrected chi connectivity index (χ3v) is 6.21. The predicted octanol–water partition coefficient (Wildman–Crippen LogP) is 5.82. The summed E-state index contributed by atoms with van der Waals surface area (Å²) in [6.45, 7) is 4.46. The van der Waals surface area contributed by atoms with Gasteiger partial charge in [0.15, 0.2) is 0 Å². The van der Waals surface area contributed by atoms with Gasteiger partial charge in [0.2, 0.25) is 0 Å². The number of nitrogens with zero attached hydrogens (tertiary/aromatic N) is 3. The van der Waals surface area contributed by atoms with Crippen molar-refractivity contribution in [2.45, 2.75) is 31.8 Å². The van der Waals surface area contributed by atoms with Crippen LogP contribution in [0.5, 0.6) is 0 Å². The summed E-state index contributed by atoms with van der Waals surface area (Å²) in [5, 5.41) is 9.30. The molecule has 0 radical (unpaired) electrons. The van der Waals surface area contributed by atoms with Crippen LogP contribution in [0.2, 0.25) is 10.0 Å². The normalized spacial score (nSPS) is 16.8. The van der Waals surface area contributed by atoms with Crippen LogP contribution in [-0.4, -0.2) is 33.8 Å². The lowest BCUT2D eigenvalue weighted by Gasteiger charge is -2.36. The molecule has 0 spiro atoms. The smallest absolute Gasteiger partial charge is 0.148 e. The molecule has 4 rings (SSSR count). The van der Waals surface area contributed by atoms with Crippen molar-refractivity contribution in [3.05, 3.63) is 76.4 Å². The van der Waals surface area contributed by atoms with Crippen molar-refractivity contribution in [2.75, 3.05) is 18.4 Å². The lowest BCUT2D eigenvalue weighted by Crippen LogP contribution is -2.40. The summed E-state index contributed by atoms with van der Waals surface area (Å²) in [5.74, 6) is 0.889. The molecule has 1 N–H and O–H groups in total. The molecule has 0 bridgehead atoms. The Balaban J connectivity index is 1.34. The largest absolute Gasteiger partial charge is 0.366 e. The number of likely N-dealkylation sites (tertiary alicyclic amines) is 1. The van der Waals surface area contributed by atoms with Crippen molar-refractivity contribution in [3.8, 4) is 5.69 Å². The summed E-state index contributed by atoms with van der Waals surface area (Å²) in [6, 6.07) is 19.2. The van der Waals surface area contributed by atoms with Crippen LogP contribution in [0.15, 0.2) is 60.8 Å². The number of rotatable bonds is 5. The van der Waals surface area contributed by atoms with E-state index in [1.165, 1.54) is 5.56 Å². The molecule has 1 aromatic heterocycles. The molecule has 1 aliphatic rings. The maximum atomic E-state index is 6.12. The Morgan fingerprint density at radius 1 is 1.00 bits per heavy atom. The van der Waals surface area contributed by atoms with Gasteiger partial charge in [0.25, 0.3) is 0 Å². The molecule has 1 aliphatic heterocycles. The number of hydrogen-bond acceptors (Lipinski definition) is 3. The molecule has 0 amide bonds. The number of hydrogen-bond donors (Lipinski definition) is 1. The van der Waals surface area contributed by atoms with Gasteiger partial charge in [-0.3, -0.25) is 4.90 Å². The molecule has 1 unspecified atom stereocenters. The fraction of sp³-hybridized carbons (Fsp3) is 0.318. The van der Waals surface area contributed by atoms with Gasteiger partial charge in [-0.15, -0.1) is 0 Å². The SMILES string of the molecule is CC(c1ccccc1)N1CCC(Nc2ccn(-c3ccc(Cl)c(Cl)c3)n2)CC1. The first-order valence-corrected chi connectivity index (χ1v) is 10.4. The minimum Gasteiger partial charge on any atom is -0.366 e. The summed E-state index contributed by atoms with van der Waals surface area (Å²) in [5.41, 5.74) is 2.28. The molecule has 2 heterocycles. The summed E-state index contributed by atoms with van der Waals surface area (Å²) in [6.07, 6.45) is 4.15. The summed E-state index contributed by atoms with van der Waals surface area (Å²) >= 11 is 12.1. The van der Waals surface area contributed by atoms with E-state index in [4.69, 9.17) is 23.2 Å². The van der Waals surface area contributed by atoms with E-state index in [1.54, 1.807) is 6.07 Å². The van der Waals surface area contributed by atoms with Crippen LogP contribution in [0.25, 0.3) is 5.69 Å². The minimum absolute atomic E-state index is 0.441. The van der Waals surface area contributed by atoms with Crippen LogP contribution >= 0.6 is 23.2 Å². The third-order valence-electron chi connectivity index (χ3n) is 5.47. The lowest BCUT2D eigenvalue weighted by atomic mass is 10.0. The third kappa shape index (κ3) is 4.35. The van der Waals surface area contributed by atoms with E-state index >= 15 is 0 Å². The highest BCUT2D eigenvalue weighted by atomic mass is 35.5. The van der Waals surface area contributed by atoms with E-state index in [1.807, 2.05) is 29.1 Å². The molecule has 28 heavy (non-hydrogen) atoms. The monoisotopic (exact) mass is 414 g/mol. The molecular formula is C22H24Cl2N4. The highest BCUT2D eigenvalue weighted by Crippen LogP contribution is 2.26. The maximum Gasteiger partial charge on any atom is 0.148 e. The summed E-state index contributed by atoms with van der Waals surface area (Å²) in [4.78, 5) is 2.56. The average molecular weight is 415 g/mol. The van der Waals surface area contributed by atoms with Gasteiger partial charge in [0, 0.05) is 37.4 Å². The van der Waals surface area contributed by atoms with Crippen molar-refractivity contribution in [1.29, 1.82) is 0 Å². The van der Waals surface area contributed by atoms with E-state index in [-0.39, 0.29) is 0 Å². The molecule has 1 saturated heterocycles. The number of benzene rings is 2. The second-order valence-electron chi connectivity index (χ2n) is 7.29. The van der Waals surface area contributed by atoms with Crippen LogP contribution in [-0.2, 0) is 0 Å². The number of piperidine rings is 1. The Labute approximate surface area is 176 Å². The summed E-state index contributed by atoms with van der Waals surface area (Å²) < 4.78 is 1.82. The van der Waals surface area contributed by atoms with E-state index in [2.05, 4.69) is 52.6 Å². The lowest BCUT2D eigenvalue weighted by molar-refractivity contribution is 0.167. The Morgan fingerprint density at radius 3 is 2.46 bits per heavy atom. The zero-order valence-electron chi connectivity index (χ0n) is 15.9. The molecular weight excluding hydrogens is 391 g/mol. The molecule has 1 atom stereocenters. The van der Waals surface area contributed by atoms with Crippen molar-refractivity contribution in [1.82, 2.24) is 14.7 Å². The Morgan fingerprint density at radius 2 is 1.75 bits per heavy atom. The molecule has 1 fully saturated rings. The number of nitrogens with one attached hydrogen (secondary N) is 1. The zero-order valence-corrected chi connectivity index (χ0v) is 17.4. The fourth-order valence-corrected chi connectivity index (χ4v) is 4.05. The van der Waals surface area contributed by atoms with Crippen LogP contribution in [0.4, 0.5) is 5.82 Å². The standard InChI is InChI=1S/C22H24Cl2N4/c1-16(17-5-3-2-4-6-17)27-12-9-18(10-13-27)25-22-11-14-28(26-22)19-7-8-20(23)21(24)15-19/h2-8,11,14-16,18H,9-10,12-13H2,1H3,(H,25,26). The van der Waals surface area contributed by atoms with Gasteiger partial charge in [-0.2, -0.15) is 5.10 Å². The van der Waals surface area contributed by atoms with Gasteiger partial charge >= 0.3 is 0 Å². The Bertz CT molecular complexity index is 917. The second-order valence-corrected chi connectivity index (χ2v) is 8.10. The Hall–Kier alpha value is -2.01. The Kier molecular flexibility index (Phi) is 5.90. The second kappa shape index (κ2) is 8.56. The van der Waals surface area contributed by atoms with Crippen molar-refractivity contribution in [2.24, 2.45) is 0 Å². The molecule has 4 nitrogen and oxygen atoms in total. The van der Waals surface area contributed by atoms with Crippen LogP contribution in [0.1, 0.15) is 31.4 Å². The van der Waals surface area contributed by atoms with Crippen LogP contribution in [0, 0.1) is 0 Å². The zero-order chi connectivity index (χ0) is 19.5. The van der Waals surface area contributed by atoms with E-state index in [0.717, 1.165) is 37.4 Å². The number of aromatic nitrogens is 2. The van der Waals surface area contributed by atoms with Crippen LogP contribution in [0.3, 0.4) is 0 Å². The first-order valence-electron chi connectivity index (χ1n) is 9.67. The summed E-state index contributed by atoms with van der Waals surface area (Å²) in [7, 11) is 0. The van der Waals surface area contributed by atoms with Gasteiger partial charge in [-0.25, -0.2) is 4.68 Å². The highest BCUT2D eigenvalue weighted by Gasteiger charge is 2.23.